The van der Waals surface area contributed by atoms with Crippen molar-refractivity contribution in [2.24, 2.45) is 0 Å². The van der Waals surface area contributed by atoms with Gasteiger partial charge in [0.25, 0.3) is 0 Å². The predicted molar refractivity (Wildman–Crippen MR) is 103 cm³/mol. The Morgan fingerprint density at radius 3 is 2.46 bits per heavy atom. The van der Waals surface area contributed by atoms with Crippen LogP contribution in [0.3, 0.4) is 0 Å². The molecule has 0 saturated carbocycles. The molecule has 2 aliphatic rings. The Morgan fingerprint density at radius 1 is 1.21 bits per heavy atom. The van der Waals surface area contributed by atoms with Crippen LogP contribution in [0, 0.1) is 0 Å². The summed E-state index contributed by atoms with van der Waals surface area (Å²) in [7, 11) is 0. The summed E-state index contributed by atoms with van der Waals surface area (Å²) in [6.07, 6.45) is 1.17. The van der Waals surface area contributed by atoms with Gasteiger partial charge in [-0.25, -0.2) is 4.79 Å². The van der Waals surface area contributed by atoms with Gasteiger partial charge in [-0.05, 0) is 39.2 Å². The Bertz CT molecular complexity index is 610. The second-order valence-electron chi connectivity index (χ2n) is 7.15. The van der Waals surface area contributed by atoms with Gasteiger partial charge in [0, 0.05) is 12.3 Å². The molecule has 2 fully saturated rings. The number of aliphatic hydroxyl groups is 1. The standard InChI is InChI=1S/C17H28N4O6S/c1-9(22)13(16(25)21-7-3-5-12(21)17(26)27)20-15(24)11(8-28)19-14(23)10-4-2-6-18-10/h9-13,18,22,28H,2-8H2,1H3,(H,19,23)(H,20,24)(H,26,27). The van der Waals surface area contributed by atoms with Crippen molar-refractivity contribution >= 4 is 36.3 Å². The molecule has 0 aromatic rings. The van der Waals surface area contributed by atoms with E-state index in [1.807, 2.05) is 0 Å². The third-order valence-corrected chi connectivity index (χ3v) is 5.42. The number of aliphatic carboxylic acids is 1. The second-order valence-corrected chi connectivity index (χ2v) is 7.51. The molecule has 5 atom stereocenters. The number of carboxylic acid groups (broad SMARTS) is 1. The number of amides is 3. The molecule has 5 unspecified atom stereocenters. The molecule has 3 amide bonds. The van der Waals surface area contributed by atoms with Crippen LogP contribution in [0.2, 0.25) is 0 Å². The molecular weight excluding hydrogens is 388 g/mol. The Morgan fingerprint density at radius 2 is 1.93 bits per heavy atom. The lowest BCUT2D eigenvalue weighted by atomic mass is 10.1. The average molecular weight is 417 g/mol. The number of thiol groups is 1. The number of hydrogen-bond acceptors (Lipinski definition) is 7. The first kappa shape index (κ1) is 22.4. The van der Waals surface area contributed by atoms with E-state index in [2.05, 4.69) is 28.6 Å². The molecular formula is C17H28N4O6S. The van der Waals surface area contributed by atoms with E-state index in [0.29, 0.717) is 19.3 Å². The van der Waals surface area contributed by atoms with E-state index in [1.54, 1.807) is 0 Å². The van der Waals surface area contributed by atoms with Crippen molar-refractivity contribution in [3.63, 3.8) is 0 Å². The van der Waals surface area contributed by atoms with Gasteiger partial charge in [-0.2, -0.15) is 12.6 Å². The van der Waals surface area contributed by atoms with Gasteiger partial charge in [-0.15, -0.1) is 0 Å². The number of carbonyl (C=O) groups is 4. The number of aliphatic hydroxyl groups excluding tert-OH is 1. The maximum Gasteiger partial charge on any atom is 0.326 e. The monoisotopic (exact) mass is 416 g/mol. The lowest BCUT2D eigenvalue weighted by Gasteiger charge is -2.30. The molecule has 2 saturated heterocycles. The van der Waals surface area contributed by atoms with Gasteiger partial charge in [-0.1, -0.05) is 0 Å². The summed E-state index contributed by atoms with van der Waals surface area (Å²) in [4.78, 5) is 50.0. The summed E-state index contributed by atoms with van der Waals surface area (Å²) >= 11 is 4.10. The largest absolute Gasteiger partial charge is 0.480 e. The third kappa shape index (κ3) is 5.36. The quantitative estimate of drug-likeness (QED) is 0.253. The highest BCUT2D eigenvalue weighted by Crippen LogP contribution is 2.19. The minimum absolute atomic E-state index is 0.00643. The second kappa shape index (κ2) is 10.1. The molecule has 2 heterocycles. The van der Waals surface area contributed by atoms with E-state index in [1.165, 1.54) is 6.92 Å². The van der Waals surface area contributed by atoms with Crippen LogP contribution in [-0.2, 0) is 19.2 Å². The first-order valence-corrected chi connectivity index (χ1v) is 10.1. The van der Waals surface area contributed by atoms with E-state index >= 15 is 0 Å². The molecule has 28 heavy (non-hydrogen) atoms. The zero-order chi connectivity index (χ0) is 20.8. The molecule has 0 aliphatic carbocycles. The Balaban J connectivity index is 2.02. The Kier molecular flexibility index (Phi) is 8.08. The van der Waals surface area contributed by atoms with Crippen molar-refractivity contribution < 1.29 is 29.4 Å². The average Bonchev–Trinajstić information content (AvgIpc) is 3.34. The minimum atomic E-state index is -1.31. The summed E-state index contributed by atoms with van der Waals surface area (Å²) in [5.74, 6) is -2.75. The first-order chi connectivity index (χ1) is 13.3. The Hall–Kier alpha value is -1.85. The van der Waals surface area contributed by atoms with Crippen LogP contribution < -0.4 is 16.0 Å². The smallest absolute Gasteiger partial charge is 0.326 e. The van der Waals surface area contributed by atoms with Crippen LogP contribution >= 0.6 is 12.6 Å². The number of rotatable bonds is 8. The fourth-order valence-electron chi connectivity index (χ4n) is 3.48. The molecule has 5 N–H and O–H groups in total. The Labute approximate surface area is 168 Å². The van der Waals surface area contributed by atoms with Crippen molar-refractivity contribution in [1.82, 2.24) is 20.9 Å². The molecule has 0 radical (unpaired) electrons. The van der Waals surface area contributed by atoms with Crippen molar-refractivity contribution in [3.8, 4) is 0 Å². The summed E-state index contributed by atoms with van der Waals surface area (Å²) in [6.45, 7) is 2.31. The molecule has 0 aromatic heterocycles. The molecule has 0 bridgehead atoms. The topological polar surface area (TPSA) is 148 Å². The van der Waals surface area contributed by atoms with Gasteiger partial charge in [0.05, 0.1) is 12.1 Å². The third-order valence-electron chi connectivity index (χ3n) is 5.06. The highest BCUT2D eigenvalue weighted by molar-refractivity contribution is 7.80. The van der Waals surface area contributed by atoms with Crippen LogP contribution in [0.4, 0.5) is 0 Å². The van der Waals surface area contributed by atoms with E-state index in [-0.39, 0.29) is 24.2 Å². The molecule has 158 valence electrons. The highest BCUT2D eigenvalue weighted by atomic mass is 32.1. The molecule has 2 aliphatic heterocycles. The summed E-state index contributed by atoms with van der Waals surface area (Å²) < 4.78 is 0. The van der Waals surface area contributed by atoms with E-state index < -0.39 is 42.0 Å². The van der Waals surface area contributed by atoms with Crippen molar-refractivity contribution in [3.05, 3.63) is 0 Å². The number of nitrogens with zero attached hydrogens (tertiary/aromatic N) is 1. The molecule has 10 nitrogen and oxygen atoms in total. The van der Waals surface area contributed by atoms with Crippen molar-refractivity contribution in [2.75, 3.05) is 18.8 Å². The minimum Gasteiger partial charge on any atom is -0.480 e. The van der Waals surface area contributed by atoms with Gasteiger partial charge in [0.2, 0.25) is 17.7 Å². The highest BCUT2D eigenvalue weighted by Gasteiger charge is 2.40. The predicted octanol–water partition coefficient (Wildman–Crippen LogP) is -1.91. The van der Waals surface area contributed by atoms with E-state index in [0.717, 1.165) is 17.9 Å². The van der Waals surface area contributed by atoms with Crippen LogP contribution in [0.15, 0.2) is 0 Å². The SMILES string of the molecule is CC(O)C(NC(=O)C(CS)NC(=O)C1CCCN1)C(=O)N1CCCC1C(=O)O. The van der Waals surface area contributed by atoms with Gasteiger partial charge < -0.3 is 31.1 Å². The van der Waals surface area contributed by atoms with Crippen LogP contribution in [-0.4, -0.2) is 87.9 Å². The fourth-order valence-corrected chi connectivity index (χ4v) is 3.74. The lowest BCUT2D eigenvalue weighted by molar-refractivity contribution is -0.150. The summed E-state index contributed by atoms with van der Waals surface area (Å²) in [5, 5.41) is 27.3. The molecule has 11 heteroatoms. The van der Waals surface area contributed by atoms with Crippen LogP contribution in [0.5, 0.6) is 0 Å². The van der Waals surface area contributed by atoms with Crippen molar-refractivity contribution in [1.29, 1.82) is 0 Å². The zero-order valence-corrected chi connectivity index (χ0v) is 16.7. The number of carboxylic acids is 1. The van der Waals surface area contributed by atoms with Gasteiger partial charge >= 0.3 is 5.97 Å². The molecule has 0 spiro atoms. The first-order valence-electron chi connectivity index (χ1n) is 9.42. The maximum absolute atomic E-state index is 12.8. The van der Waals surface area contributed by atoms with Crippen LogP contribution in [0.1, 0.15) is 32.6 Å². The van der Waals surface area contributed by atoms with E-state index in [9.17, 15) is 29.4 Å². The van der Waals surface area contributed by atoms with Crippen molar-refractivity contribution in [2.45, 2.75) is 62.9 Å². The van der Waals surface area contributed by atoms with Gasteiger partial charge in [-0.3, -0.25) is 14.4 Å². The van der Waals surface area contributed by atoms with Crippen LogP contribution in [0.25, 0.3) is 0 Å². The number of likely N-dealkylation sites (tertiary alicyclic amines) is 1. The molecule has 0 aromatic carbocycles. The maximum atomic E-state index is 12.8. The lowest BCUT2D eigenvalue weighted by Crippen LogP contribution is -2.60. The van der Waals surface area contributed by atoms with Gasteiger partial charge in [0.1, 0.15) is 18.1 Å². The zero-order valence-electron chi connectivity index (χ0n) is 15.8. The summed E-state index contributed by atoms with van der Waals surface area (Å²) in [6, 6.07) is -3.64. The fraction of sp³-hybridized carbons (Fsp3) is 0.765. The number of nitrogens with one attached hydrogen (secondary N) is 3. The van der Waals surface area contributed by atoms with E-state index in [4.69, 9.17) is 0 Å². The van der Waals surface area contributed by atoms with Gasteiger partial charge in [0.15, 0.2) is 0 Å². The normalized spacial score (nSPS) is 25.0. The number of hydrogen-bond donors (Lipinski definition) is 6. The molecule has 2 rings (SSSR count). The number of carbonyl (C=O) groups excluding carboxylic acids is 3. The summed E-state index contributed by atoms with van der Waals surface area (Å²) in [5.41, 5.74) is 0.